The molecular weight excluding hydrogens is 754 g/mol. The van der Waals surface area contributed by atoms with E-state index in [0.29, 0.717) is 47.2 Å². The molecule has 1 amide bonds. The van der Waals surface area contributed by atoms with Crippen molar-refractivity contribution >= 4 is 57.1 Å². The third kappa shape index (κ3) is 7.74. The first-order chi connectivity index (χ1) is 28.9. The summed E-state index contributed by atoms with van der Waals surface area (Å²) in [6.07, 6.45) is 13.2. The Bertz CT molecular complexity index is 2470. The Morgan fingerprint density at radius 2 is 1.73 bits per heavy atom. The molecule has 4 fully saturated rings. The van der Waals surface area contributed by atoms with E-state index in [4.69, 9.17) is 9.84 Å². The number of pyridine rings is 1. The van der Waals surface area contributed by atoms with Crippen LogP contribution in [-0.2, 0) is 9.59 Å². The normalized spacial score (nSPS) is 18.6. The van der Waals surface area contributed by atoms with Gasteiger partial charge in [-0.2, -0.15) is 5.10 Å². The summed E-state index contributed by atoms with van der Waals surface area (Å²) in [6, 6.07) is 11.2. The first-order valence-corrected chi connectivity index (χ1v) is 20.6. The van der Waals surface area contributed by atoms with Gasteiger partial charge in [0.15, 0.2) is 17.4 Å². The number of ether oxygens (including phenoxy) is 1. The summed E-state index contributed by atoms with van der Waals surface area (Å²) >= 11 is 0. The molecule has 5 aromatic rings. The van der Waals surface area contributed by atoms with Gasteiger partial charge < -0.3 is 35.0 Å². The number of aromatic nitrogens is 5. The lowest BCUT2D eigenvalue weighted by Crippen LogP contribution is -2.42. The topological polar surface area (TPSA) is 145 Å². The molecular formula is C43H48FN11O4. The van der Waals surface area contributed by atoms with E-state index in [1.807, 2.05) is 18.2 Å². The smallest absolute Gasteiger partial charge is 0.259 e. The molecule has 0 unspecified atom stereocenters. The summed E-state index contributed by atoms with van der Waals surface area (Å²) in [4.78, 5) is 45.0. The number of hydrogen-bond acceptors (Lipinski definition) is 12. The molecule has 59 heavy (non-hydrogen) atoms. The van der Waals surface area contributed by atoms with Crippen LogP contribution in [0.2, 0.25) is 0 Å². The number of halogens is 1. The largest absolute Gasteiger partial charge is 0.494 e. The number of benzene rings is 2. The van der Waals surface area contributed by atoms with Crippen LogP contribution in [-0.4, -0.2) is 107 Å². The van der Waals surface area contributed by atoms with Crippen molar-refractivity contribution < 1.29 is 23.5 Å². The highest BCUT2D eigenvalue weighted by molar-refractivity contribution is 6.10. The predicted molar refractivity (Wildman–Crippen MR) is 223 cm³/mol. The van der Waals surface area contributed by atoms with E-state index < -0.39 is 0 Å². The Hall–Kier alpha value is -6.21. The number of methoxy groups -OCH3 is 1. The number of hydrogen-bond donors (Lipinski definition) is 2. The average Bonchev–Trinajstić information content (AvgIpc) is 3.94. The number of nitrogens with zero attached hydrogens (tertiary/aromatic N) is 9. The van der Waals surface area contributed by atoms with Crippen LogP contribution in [0, 0.1) is 11.7 Å². The minimum atomic E-state index is -0.389. The standard InChI is InChI=1S/C43H48FN11O4/c1-59-40-23-37(34(44)21-39(40)54-19-9-31(26-56)46-41(54)27-57)52-17-7-29(8-18-52)24-50-15-10-32(11-16-50)55-25-30-20-36(38(22-35(30)49-55)51-12-3-2-4-13-51)47-43(58)33-6-5-14-53-28-45-48-42(33)53/h5-6,14,20-23,25,28-29,32,46H,2-4,7-13,15-19,24H2,1H3,(H,47,58). The molecule has 4 saturated heterocycles. The van der Waals surface area contributed by atoms with E-state index in [1.54, 1.807) is 33.7 Å². The van der Waals surface area contributed by atoms with Crippen LogP contribution in [0.5, 0.6) is 5.75 Å². The van der Waals surface area contributed by atoms with E-state index in [-0.39, 0.29) is 29.3 Å². The molecule has 15 nitrogen and oxygen atoms in total. The molecule has 16 heteroatoms. The van der Waals surface area contributed by atoms with Gasteiger partial charge >= 0.3 is 0 Å². The average molecular weight is 802 g/mol. The molecule has 4 aliphatic heterocycles. The molecule has 306 valence electrons. The fourth-order valence-corrected chi connectivity index (χ4v) is 9.22. The van der Waals surface area contributed by atoms with Crippen LogP contribution in [0.25, 0.3) is 16.6 Å². The van der Waals surface area contributed by atoms with Crippen LogP contribution >= 0.6 is 0 Å². The van der Waals surface area contributed by atoms with Crippen molar-refractivity contribution in [2.45, 2.75) is 57.4 Å². The van der Waals surface area contributed by atoms with Crippen molar-refractivity contribution in [1.29, 1.82) is 0 Å². The molecule has 2 aromatic carbocycles. The number of anilines is 4. The second-order valence-electron chi connectivity index (χ2n) is 16.0. The summed E-state index contributed by atoms with van der Waals surface area (Å²) in [5, 5.41) is 20.2. The molecule has 0 radical (unpaired) electrons. The maximum absolute atomic E-state index is 15.7. The molecule has 0 saturated carbocycles. The minimum absolute atomic E-state index is 0.0282. The minimum Gasteiger partial charge on any atom is -0.494 e. The zero-order valence-electron chi connectivity index (χ0n) is 33.2. The zero-order valence-corrected chi connectivity index (χ0v) is 33.2. The monoisotopic (exact) mass is 801 g/mol. The number of fused-ring (bicyclic) bond motifs is 2. The number of likely N-dealkylation sites (tertiary alicyclic amines) is 1. The molecule has 2 N–H and O–H groups in total. The SMILES string of the molecule is COc1cc(N2CCC(CN3CCC(n4cc5cc(NC(=O)c6cccn7cnnc67)c(N6CCCCC6)cc5n4)CC3)CC2)c(F)cc1N1CCC(=C=O)NC1=C=O. The van der Waals surface area contributed by atoms with Gasteiger partial charge in [-0.3, -0.25) is 13.9 Å². The van der Waals surface area contributed by atoms with Crippen molar-refractivity contribution in [1.82, 2.24) is 34.6 Å². The zero-order chi connectivity index (χ0) is 40.5. The molecule has 7 heterocycles. The summed E-state index contributed by atoms with van der Waals surface area (Å²) in [6.45, 7) is 6.61. The van der Waals surface area contributed by atoms with Gasteiger partial charge in [0.25, 0.3) is 5.91 Å². The van der Waals surface area contributed by atoms with Gasteiger partial charge in [-0.15, -0.1) is 10.2 Å². The Morgan fingerprint density at radius 3 is 2.49 bits per heavy atom. The van der Waals surface area contributed by atoms with E-state index in [2.05, 4.69) is 58.5 Å². The predicted octanol–water partition coefficient (Wildman–Crippen LogP) is 5.21. The summed E-state index contributed by atoms with van der Waals surface area (Å²) in [7, 11) is 1.53. The molecule has 0 bridgehead atoms. The lowest BCUT2D eigenvalue weighted by Gasteiger charge is -2.38. The number of piperidine rings is 3. The van der Waals surface area contributed by atoms with E-state index in [0.717, 1.165) is 107 Å². The highest BCUT2D eigenvalue weighted by Gasteiger charge is 2.30. The van der Waals surface area contributed by atoms with Crippen LogP contribution in [0.3, 0.4) is 0 Å². The number of carbonyl (C=O) groups is 1. The lowest BCUT2D eigenvalue weighted by molar-refractivity contribution is 0.102. The number of carbonyl (C=O) groups excluding carboxylic acids is 3. The lowest BCUT2D eigenvalue weighted by atomic mass is 9.94. The van der Waals surface area contributed by atoms with Gasteiger partial charge in [-0.25, -0.2) is 14.0 Å². The fourth-order valence-electron chi connectivity index (χ4n) is 9.22. The molecule has 0 atom stereocenters. The van der Waals surface area contributed by atoms with Crippen molar-refractivity contribution in [2.24, 2.45) is 5.92 Å². The molecule has 4 aliphatic rings. The highest BCUT2D eigenvalue weighted by atomic mass is 19.1. The Labute approximate surface area is 341 Å². The van der Waals surface area contributed by atoms with E-state index in [1.165, 1.54) is 19.6 Å². The first-order valence-electron chi connectivity index (χ1n) is 20.6. The molecule has 9 rings (SSSR count). The molecule has 0 aliphatic carbocycles. The van der Waals surface area contributed by atoms with Crippen molar-refractivity contribution in [2.75, 3.05) is 79.5 Å². The third-order valence-electron chi connectivity index (χ3n) is 12.4. The van der Waals surface area contributed by atoms with Gasteiger partial charge in [0, 0.05) is 88.7 Å². The number of amides is 1. The van der Waals surface area contributed by atoms with Gasteiger partial charge in [0.2, 0.25) is 0 Å². The first kappa shape index (κ1) is 38.3. The fraction of sp³-hybridized carbons (Fsp3) is 0.442. The summed E-state index contributed by atoms with van der Waals surface area (Å²) in [5.74, 6) is 3.98. The third-order valence-corrected chi connectivity index (χ3v) is 12.4. The van der Waals surface area contributed by atoms with Gasteiger partial charge in [0.05, 0.1) is 47.0 Å². The van der Waals surface area contributed by atoms with Crippen LogP contribution in [0.4, 0.5) is 27.1 Å². The van der Waals surface area contributed by atoms with Crippen LogP contribution in [0.1, 0.15) is 67.8 Å². The van der Waals surface area contributed by atoms with E-state index >= 15 is 4.39 Å². The van der Waals surface area contributed by atoms with Gasteiger partial charge in [0.1, 0.15) is 29.5 Å². The Kier molecular flexibility index (Phi) is 10.8. The summed E-state index contributed by atoms with van der Waals surface area (Å²) < 4.78 is 25.3. The van der Waals surface area contributed by atoms with Crippen LogP contribution in [0.15, 0.2) is 66.6 Å². The molecule has 3 aromatic heterocycles. The second-order valence-corrected chi connectivity index (χ2v) is 16.0. The summed E-state index contributed by atoms with van der Waals surface area (Å²) in [5.41, 5.74) is 4.83. The second kappa shape index (κ2) is 16.6. The van der Waals surface area contributed by atoms with E-state index in [9.17, 15) is 14.4 Å². The van der Waals surface area contributed by atoms with Gasteiger partial charge in [-0.05, 0) is 75.1 Å². The number of nitrogens with one attached hydrogen (secondary N) is 2. The maximum atomic E-state index is 15.7. The highest BCUT2D eigenvalue weighted by Crippen LogP contribution is 2.39. The maximum Gasteiger partial charge on any atom is 0.259 e. The van der Waals surface area contributed by atoms with Crippen LogP contribution < -0.4 is 30.1 Å². The Balaban J connectivity index is 0.826. The van der Waals surface area contributed by atoms with Crippen molar-refractivity contribution in [3.05, 3.63) is 78.0 Å². The Morgan fingerprint density at radius 1 is 0.932 bits per heavy atom. The number of rotatable bonds is 9. The van der Waals surface area contributed by atoms with Gasteiger partial charge in [-0.1, -0.05) is 0 Å². The van der Waals surface area contributed by atoms with Crippen molar-refractivity contribution in [3.63, 3.8) is 0 Å². The quantitative estimate of drug-likeness (QED) is 0.189. The molecule has 0 spiro atoms. The van der Waals surface area contributed by atoms with Crippen molar-refractivity contribution in [3.8, 4) is 5.75 Å².